The molecular weight excluding hydrogens is 346 g/mol. The molecule has 1 aliphatic heterocycles. The summed E-state index contributed by atoms with van der Waals surface area (Å²) >= 11 is 1.49. The largest absolute Gasteiger partial charge is 0.351 e. The average molecular weight is 372 g/mol. The summed E-state index contributed by atoms with van der Waals surface area (Å²) in [5, 5.41) is 6.49. The maximum Gasteiger partial charge on any atom is 0.252 e. The molecule has 2 heterocycles. The molecule has 1 aromatic heterocycles. The van der Waals surface area contributed by atoms with E-state index in [1.165, 1.54) is 22.5 Å². The molecule has 0 unspecified atom stereocenters. The van der Waals surface area contributed by atoms with Crippen molar-refractivity contribution in [1.82, 2.24) is 15.1 Å². The highest BCUT2D eigenvalue weighted by atomic mass is 32.1. The molecule has 1 N–H and O–H groups in total. The fourth-order valence-electron chi connectivity index (χ4n) is 3.16. The first-order chi connectivity index (χ1) is 12.6. The van der Waals surface area contributed by atoms with Crippen molar-refractivity contribution in [3.8, 4) is 0 Å². The third kappa shape index (κ3) is 5.16. The first kappa shape index (κ1) is 18.6. The van der Waals surface area contributed by atoms with Gasteiger partial charge in [-0.05, 0) is 23.9 Å². The number of benzene rings is 1. The number of carbonyl (C=O) groups excluding carboxylic acids is 2. The van der Waals surface area contributed by atoms with Gasteiger partial charge in [0.15, 0.2) is 0 Å². The Morgan fingerprint density at radius 3 is 2.65 bits per heavy atom. The third-order valence-electron chi connectivity index (χ3n) is 4.62. The molecule has 0 spiro atoms. The van der Waals surface area contributed by atoms with E-state index in [9.17, 15) is 9.59 Å². The van der Waals surface area contributed by atoms with E-state index in [4.69, 9.17) is 0 Å². The van der Waals surface area contributed by atoms with Crippen molar-refractivity contribution >= 4 is 23.2 Å². The van der Waals surface area contributed by atoms with Crippen LogP contribution in [-0.2, 0) is 11.3 Å². The van der Waals surface area contributed by atoms with Crippen molar-refractivity contribution in [1.29, 1.82) is 0 Å². The van der Waals surface area contributed by atoms with Crippen molar-refractivity contribution < 1.29 is 9.59 Å². The Bertz CT molecular complexity index is 737. The molecule has 5 nitrogen and oxygen atoms in total. The van der Waals surface area contributed by atoms with E-state index in [1.54, 1.807) is 6.07 Å². The molecule has 0 bridgehead atoms. The van der Waals surface area contributed by atoms with Gasteiger partial charge in [-0.15, -0.1) is 0 Å². The standard InChI is InChI=1S/C20H25N3O2S/c1-16-3-2-4-17(13-16)14-22-8-10-23(11-9-22)19(24)5-7-21-20(25)18-6-12-26-15-18/h2-4,6,12-13,15H,5,7-11,14H2,1H3,(H,21,25). The number of thiophene rings is 1. The minimum Gasteiger partial charge on any atom is -0.351 e. The molecule has 3 rings (SSSR count). The van der Waals surface area contributed by atoms with Gasteiger partial charge >= 0.3 is 0 Å². The van der Waals surface area contributed by atoms with E-state index in [-0.39, 0.29) is 11.8 Å². The van der Waals surface area contributed by atoms with Crippen LogP contribution in [0, 0.1) is 6.92 Å². The van der Waals surface area contributed by atoms with E-state index in [2.05, 4.69) is 41.4 Å². The van der Waals surface area contributed by atoms with Crippen LogP contribution < -0.4 is 5.32 Å². The fraction of sp³-hybridized carbons (Fsp3) is 0.400. The van der Waals surface area contributed by atoms with Crippen LogP contribution in [0.4, 0.5) is 0 Å². The van der Waals surface area contributed by atoms with E-state index in [0.29, 0.717) is 18.5 Å². The lowest BCUT2D eigenvalue weighted by atomic mass is 10.1. The Morgan fingerprint density at radius 2 is 1.96 bits per heavy atom. The lowest BCUT2D eigenvalue weighted by Crippen LogP contribution is -2.48. The lowest BCUT2D eigenvalue weighted by Gasteiger charge is -2.35. The fourth-order valence-corrected chi connectivity index (χ4v) is 3.80. The van der Waals surface area contributed by atoms with E-state index >= 15 is 0 Å². The summed E-state index contributed by atoms with van der Waals surface area (Å²) in [7, 11) is 0. The van der Waals surface area contributed by atoms with Crippen molar-refractivity contribution in [3.05, 3.63) is 57.8 Å². The van der Waals surface area contributed by atoms with Gasteiger partial charge in [0.1, 0.15) is 0 Å². The van der Waals surface area contributed by atoms with Gasteiger partial charge in [-0.1, -0.05) is 29.8 Å². The van der Waals surface area contributed by atoms with Gasteiger partial charge in [-0.2, -0.15) is 11.3 Å². The van der Waals surface area contributed by atoms with Gasteiger partial charge in [0.25, 0.3) is 5.91 Å². The molecule has 0 aliphatic carbocycles. The third-order valence-corrected chi connectivity index (χ3v) is 5.30. The zero-order valence-electron chi connectivity index (χ0n) is 15.1. The lowest BCUT2D eigenvalue weighted by molar-refractivity contribution is -0.132. The Hall–Kier alpha value is -2.18. The number of hydrogen-bond donors (Lipinski definition) is 1. The first-order valence-corrected chi connectivity index (χ1v) is 9.92. The highest BCUT2D eigenvalue weighted by Gasteiger charge is 2.21. The highest BCUT2D eigenvalue weighted by molar-refractivity contribution is 7.08. The monoisotopic (exact) mass is 371 g/mol. The number of carbonyl (C=O) groups is 2. The molecule has 138 valence electrons. The molecule has 1 saturated heterocycles. The summed E-state index contributed by atoms with van der Waals surface area (Å²) in [5.41, 5.74) is 3.26. The minimum atomic E-state index is -0.109. The van der Waals surface area contributed by atoms with Crippen LogP contribution in [0.5, 0.6) is 0 Å². The van der Waals surface area contributed by atoms with Gasteiger partial charge in [0, 0.05) is 56.6 Å². The van der Waals surface area contributed by atoms with Crippen LogP contribution in [0.15, 0.2) is 41.1 Å². The summed E-state index contributed by atoms with van der Waals surface area (Å²) in [6, 6.07) is 10.4. The summed E-state index contributed by atoms with van der Waals surface area (Å²) in [6.45, 7) is 6.71. The van der Waals surface area contributed by atoms with E-state index in [1.807, 2.05) is 15.7 Å². The predicted octanol–water partition coefficient (Wildman–Crippen LogP) is 2.52. The molecular formula is C20H25N3O2S. The average Bonchev–Trinajstić information content (AvgIpc) is 3.17. The molecule has 1 fully saturated rings. The Labute approximate surface area is 158 Å². The molecule has 2 amide bonds. The Balaban J connectivity index is 1.37. The van der Waals surface area contributed by atoms with Crippen LogP contribution >= 0.6 is 11.3 Å². The molecule has 6 heteroatoms. The molecule has 0 radical (unpaired) electrons. The van der Waals surface area contributed by atoms with Crippen LogP contribution in [-0.4, -0.2) is 54.3 Å². The summed E-state index contributed by atoms with van der Waals surface area (Å²) in [6.07, 6.45) is 0.355. The number of aryl methyl sites for hydroxylation is 1. The van der Waals surface area contributed by atoms with Gasteiger partial charge < -0.3 is 10.2 Å². The number of piperazine rings is 1. The van der Waals surface area contributed by atoms with Crippen LogP contribution in [0.1, 0.15) is 27.9 Å². The molecule has 1 aliphatic rings. The smallest absolute Gasteiger partial charge is 0.252 e. The van der Waals surface area contributed by atoms with Gasteiger partial charge in [0.05, 0.1) is 0 Å². The number of hydrogen-bond acceptors (Lipinski definition) is 4. The molecule has 0 atom stereocenters. The normalized spacial score (nSPS) is 15.0. The molecule has 1 aromatic carbocycles. The topological polar surface area (TPSA) is 52.6 Å². The zero-order chi connectivity index (χ0) is 18.4. The maximum atomic E-state index is 12.3. The highest BCUT2D eigenvalue weighted by Crippen LogP contribution is 2.11. The predicted molar refractivity (Wildman–Crippen MR) is 104 cm³/mol. The minimum absolute atomic E-state index is 0.109. The molecule has 2 aromatic rings. The molecule has 26 heavy (non-hydrogen) atoms. The first-order valence-electron chi connectivity index (χ1n) is 8.98. The quantitative estimate of drug-likeness (QED) is 0.849. The van der Waals surface area contributed by atoms with Crippen molar-refractivity contribution in [2.75, 3.05) is 32.7 Å². The molecule has 0 saturated carbocycles. The number of amides is 2. The number of nitrogens with zero attached hydrogens (tertiary/aromatic N) is 2. The van der Waals surface area contributed by atoms with Crippen molar-refractivity contribution in [3.63, 3.8) is 0 Å². The number of rotatable bonds is 6. The second-order valence-electron chi connectivity index (χ2n) is 6.66. The van der Waals surface area contributed by atoms with Crippen LogP contribution in [0.3, 0.4) is 0 Å². The SMILES string of the molecule is Cc1cccc(CN2CCN(C(=O)CCNC(=O)c3ccsc3)CC2)c1. The van der Waals surface area contributed by atoms with Crippen molar-refractivity contribution in [2.24, 2.45) is 0 Å². The van der Waals surface area contributed by atoms with Crippen molar-refractivity contribution in [2.45, 2.75) is 19.9 Å². The second kappa shape index (κ2) is 8.96. The second-order valence-corrected chi connectivity index (χ2v) is 7.44. The van der Waals surface area contributed by atoms with Crippen LogP contribution in [0.25, 0.3) is 0 Å². The maximum absolute atomic E-state index is 12.3. The van der Waals surface area contributed by atoms with E-state index < -0.39 is 0 Å². The summed E-state index contributed by atoms with van der Waals surface area (Å²) in [4.78, 5) is 28.5. The Kier molecular flexibility index (Phi) is 6.41. The Morgan fingerprint density at radius 1 is 1.15 bits per heavy atom. The van der Waals surface area contributed by atoms with Gasteiger partial charge in [0.2, 0.25) is 5.91 Å². The zero-order valence-corrected chi connectivity index (χ0v) is 15.9. The van der Waals surface area contributed by atoms with E-state index in [0.717, 1.165) is 32.7 Å². The summed E-state index contributed by atoms with van der Waals surface area (Å²) < 4.78 is 0. The number of nitrogens with one attached hydrogen (secondary N) is 1. The van der Waals surface area contributed by atoms with Gasteiger partial charge in [-0.3, -0.25) is 14.5 Å². The van der Waals surface area contributed by atoms with Gasteiger partial charge in [-0.25, -0.2) is 0 Å². The summed E-state index contributed by atoms with van der Waals surface area (Å²) in [5.74, 6) is 0.00727. The van der Waals surface area contributed by atoms with Crippen LogP contribution in [0.2, 0.25) is 0 Å².